The number of nitrogens with one attached hydrogen (secondary N) is 3. The van der Waals surface area contributed by atoms with Crippen molar-refractivity contribution in [1.29, 1.82) is 0 Å². The van der Waals surface area contributed by atoms with Gasteiger partial charge in [-0.05, 0) is 48.9 Å². The molecule has 2 aromatic carbocycles. The Kier molecular flexibility index (Phi) is 6.15. The summed E-state index contributed by atoms with van der Waals surface area (Å²) in [5, 5.41) is 7.62. The minimum atomic E-state index is -0.689. The number of aryl methyl sites for hydroxylation is 1. The van der Waals surface area contributed by atoms with Crippen molar-refractivity contribution in [3.8, 4) is 5.75 Å². The molecule has 0 aromatic heterocycles. The summed E-state index contributed by atoms with van der Waals surface area (Å²) in [5.41, 5.74) is 7.34. The van der Waals surface area contributed by atoms with Gasteiger partial charge >= 0.3 is 6.03 Å². The van der Waals surface area contributed by atoms with Gasteiger partial charge in [0, 0.05) is 11.3 Å². The van der Waals surface area contributed by atoms with E-state index in [1.165, 1.54) is 31.4 Å². The minimum Gasteiger partial charge on any atom is -0.495 e. The molecule has 0 heterocycles. The zero-order valence-corrected chi connectivity index (χ0v) is 14.5. The van der Waals surface area contributed by atoms with Crippen LogP contribution in [0.15, 0.2) is 42.5 Å². The highest BCUT2D eigenvalue weighted by molar-refractivity contribution is 6.00. The molecule has 0 atom stereocenters. The molecular weight excluding hydrogens is 336 g/mol. The second-order valence-electron chi connectivity index (χ2n) is 5.50. The number of anilines is 2. The van der Waals surface area contributed by atoms with E-state index in [2.05, 4.69) is 16.0 Å². The van der Waals surface area contributed by atoms with Crippen molar-refractivity contribution in [2.45, 2.75) is 6.92 Å². The second-order valence-corrected chi connectivity index (χ2v) is 5.50. The number of carbonyl (C=O) groups is 3. The summed E-state index contributed by atoms with van der Waals surface area (Å²) in [6.07, 6.45) is 0. The number of hydrogen-bond donors (Lipinski definition) is 4. The zero-order chi connectivity index (χ0) is 19.1. The van der Waals surface area contributed by atoms with Crippen LogP contribution in [-0.4, -0.2) is 31.5 Å². The van der Waals surface area contributed by atoms with Crippen LogP contribution in [0.2, 0.25) is 0 Å². The molecule has 5 N–H and O–H groups in total. The van der Waals surface area contributed by atoms with Crippen LogP contribution in [0.3, 0.4) is 0 Å². The number of urea groups is 1. The summed E-state index contributed by atoms with van der Waals surface area (Å²) in [5.74, 6) is -0.260. The maximum Gasteiger partial charge on any atom is 0.316 e. The average molecular weight is 356 g/mol. The van der Waals surface area contributed by atoms with E-state index >= 15 is 0 Å². The molecule has 0 aliphatic heterocycles. The summed E-state index contributed by atoms with van der Waals surface area (Å²) in [7, 11) is 1.51. The highest BCUT2D eigenvalue weighted by atomic mass is 16.5. The number of ether oxygens (including phenoxy) is 1. The first kappa shape index (κ1) is 18.8. The van der Waals surface area contributed by atoms with Gasteiger partial charge in [-0.25, -0.2) is 4.79 Å². The molecule has 0 bridgehead atoms. The number of benzene rings is 2. The van der Waals surface area contributed by atoms with Crippen molar-refractivity contribution in [3.63, 3.8) is 0 Å². The molecule has 0 aliphatic rings. The highest BCUT2D eigenvalue weighted by Crippen LogP contribution is 2.24. The molecule has 8 heteroatoms. The molecule has 2 rings (SSSR count). The lowest BCUT2D eigenvalue weighted by molar-refractivity contribution is -0.115. The van der Waals surface area contributed by atoms with Gasteiger partial charge in [-0.3, -0.25) is 9.59 Å². The molecule has 0 aliphatic carbocycles. The highest BCUT2D eigenvalue weighted by Gasteiger charge is 2.11. The zero-order valence-electron chi connectivity index (χ0n) is 14.5. The second kappa shape index (κ2) is 8.52. The topological polar surface area (TPSA) is 123 Å². The Balaban J connectivity index is 1.91. The van der Waals surface area contributed by atoms with Crippen LogP contribution in [0.5, 0.6) is 5.75 Å². The lowest BCUT2D eigenvalue weighted by atomic mass is 10.2. The van der Waals surface area contributed by atoms with Crippen molar-refractivity contribution < 1.29 is 19.1 Å². The normalized spacial score (nSPS) is 9.92. The molecule has 2 aromatic rings. The van der Waals surface area contributed by atoms with Gasteiger partial charge in [0.05, 0.1) is 19.3 Å². The quantitative estimate of drug-likeness (QED) is 0.631. The van der Waals surface area contributed by atoms with Crippen LogP contribution in [0, 0.1) is 6.92 Å². The third-order valence-electron chi connectivity index (χ3n) is 3.45. The Morgan fingerprint density at radius 1 is 1.04 bits per heavy atom. The van der Waals surface area contributed by atoms with Crippen molar-refractivity contribution >= 4 is 29.2 Å². The van der Waals surface area contributed by atoms with E-state index in [1.807, 2.05) is 13.0 Å². The predicted molar refractivity (Wildman–Crippen MR) is 98.3 cm³/mol. The maximum absolute atomic E-state index is 12.1. The summed E-state index contributed by atoms with van der Waals surface area (Å²) in [4.78, 5) is 34.9. The lowest BCUT2D eigenvalue weighted by Crippen LogP contribution is -2.33. The first-order valence-electron chi connectivity index (χ1n) is 7.78. The molecule has 0 fully saturated rings. The van der Waals surface area contributed by atoms with Crippen molar-refractivity contribution in [3.05, 3.63) is 53.6 Å². The monoisotopic (exact) mass is 356 g/mol. The molecule has 0 saturated carbocycles. The smallest absolute Gasteiger partial charge is 0.316 e. The fraction of sp³-hybridized carbons (Fsp3) is 0.167. The molecular formula is C18H20N4O4. The fourth-order valence-electron chi connectivity index (χ4n) is 2.22. The molecule has 26 heavy (non-hydrogen) atoms. The number of carbonyl (C=O) groups excluding carboxylic acids is 3. The van der Waals surface area contributed by atoms with Crippen molar-refractivity contribution in [2.75, 3.05) is 24.3 Å². The average Bonchev–Trinajstić information content (AvgIpc) is 2.60. The van der Waals surface area contributed by atoms with Crippen LogP contribution in [0.25, 0.3) is 0 Å². The Labute approximate surface area is 150 Å². The number of rotatable bonds is 6. The van der Waals surface area contributed by atoms with Gasteiger partial charge < -0.3 is 26.4 Å². The Morgan fingerprint density at radius 3 is 2.35 bits per heavy atom. The van der Waals surface area contributed by atoms with Gasteiger partial charge in [0.25, 0.3) is 5.91 Å². The van der Waals surface area contributed by atoms with Crippen molar-refractivity contribution in [1.82, 2.24) is 5.32 Å². The molecule has 0 spiro atoms. The largest absolute Gasteiger partial charge is 0.495 e. The molecule has 136 valence electrons. The molecule has 0 radical (unpaired) electrons. The van der Waals surface area contributed by atoms with Gasteiger partial charge in [0.15, 0.2) is 0 Å². The van der Waals surface area contributed by atoms with Crippen LogP contribution >= 0.6 is 0 Å². The number of hydrogen-bond acceptors (Lipinski definition) is 4. The number of methoxy groups -OCH3 is 1. The van der Waals surface area contributed by atoms with Gasteiger partial charge in [-0.15, -0.1) is 0 Å². The van der Waals surface area contributed by atoms with Crippen LogP contribution in [0.1, 0.15) is 15.9 Å². The van der Waals surface area contributed by atoms with Gasteiger partial charge in [-0.1, -0.05) is 6.07 Å². The van der Waals surface area contributed by atoms with Crippen LogP contribution in [0.4, 0.5) is 16.2 Å². The van der Waals surface area contributed by atoms with E-state index in [0.717, 1.165) is 5.56 Å². The third kappa shape index (κ3) is 5.23. The van der Waals surface area contributed by atoms with Crippen LogP contribution in [-0.2, 0) is 4.79 Å². The van der Waals surface area contributed by atoms with Gasteiger partial charge in [0.1, 0.15) is 5.75 Å². The van der Waals surface area contributed by atoms with Crippen molar-refractivity contribution in [2.24, 2.45) is 5.73 Å². The summed E-state index contributed by atoms with van der Waals surface area (Å²) in [6.45, 7) is 1.70. The Bertz CT molecular complexity index is 818. The van der Waals surface area contributed by atoms with E-state index < -0.39 is 11.9 Å². The van der Waals surface area contributed by atoms with E-state index in [4.69, 9.17) is 10.5 Å². The number of primary amides is 1. The summed E-state index contributed by atoms with van der Waals surface area (Å²) in [6, 6.07) is 10.8. The fourth-order valence-corrected chi connectivity index (χ4v) is 2.22. The first-order valence-corrected chi connectivity index (χ1v) is 7.78. The SMILES string of the molecule is COc1ccc(C)cc1NC(=O)CNC(=O)c1ccc(NC(N)=O)cc1. The number of nitrogens with two attached hydrogens (primary N) is 1. The predicted octanol–water partition coefficient (Wildman–Crippen LogP) is 1.86. The van der Waals surface area contributed by atoms with Crippen LogP contribution < -0.4 is 26.4 Å². The summed E-state index contributed by atoms with van der Waals surface area (Å²) < 4.78 is 5.19. The first-order chi connectivity index (χ1) is 12.4. The third-order valence-corrected chi connectivity index (χ3v) is 3.45. The summed E-state index contributed by atoms with van der Waals surface area (Å²) >= 11 is 0. The van der Waals surface area contributed by atoms with Gasteiger partial charge in [-0.2, -0.15) is 0 Å². The van der Waals surface area contributed by atoms with E-state index in [-0.39, 0.29) is 12.5 Å². The van der Waals surface area contributed by atoms with E-state index in [0.29, 0.717) is 22.7 Å². The molecule has 0 unspecified atom stereocenters. The maximum atomic E-state index is 12.1. The Morgan fingerprint density at radius 2 is 1.73 bits per heavy atom. The number of amides is 4. The standard InChI is InChI=1S/C18H20N4O4/c1-11-3-8-15(26-2)14(9-11)22-16(23)10-20-17(24)12-4-6-13(7-5-12)21-18(19)25/h3-9H,10H2,1-2H3,(H,20,24)(H,22,23)(H3,19,21,25). The van der Waals surface area contributed by atoms with E-state index in [9.17, 15) is 14.4 Å². The Hall–Kier alpha value is -3.55. The van der Waals surface area contributed by atoms with E-state index in [1.54, 1.807) is 12.1 Å². The molecule has 0 saturated heterocycles. The minimum absolute atomic E-state index is 0.197. The molecule has 4 amide bonds. The molecule has 8 nitrogen and oxygen atoms in total. The lowest BCUT2D eigenvalue weighted by Gasteiger charge is -2.11. The van der Waals surface area contributed by atoms with Gasteiger partial charge in [0.2, 0.25) is 5.91 Å².